The summed E-state index contributed by atoms with van der Waals surface area (Å²) in [7, 11) is 0. The average molecular weight is 424 g/mol. The van der Waals surface area contributed by atoms with Gasteiger partial charge < -0.3 is 10.0 Å². The predicted octanol–water partition coefficient (Wildman–Crippen LogP) is 4.32. The van der Waals surface area contributed by atoms with Crippen molar-refractivity contribution in [1.82, 2.24) is 9.88 Å². The molecule has 0 unspecified atom stereocenters. The summed E-state index contributed by atoms with van der Waals surface area (Å²) in [6, 6.07) is 12.5. The second kappa shape index (κ2) is 8.75. The fourth-order valence-electron chi connectivity index (χ4n) is 3.66. The normalized spacial score (nSPS) is 14.6. The van der Waals surface area contributed by atoms with Gasteiger partial charge >= 0.3 is 0 Å². The molecule has 154 valence electrons. The second-order valence-corrected chi connectivity index (χ2v) is 8.26. The number of benzene rings is 2. The Hall–Kier alpha value is -3.06. The zero-order valence-corrected chi connectivity index (χ0v) is 17.1. The lowest BCUT2D eigenvalue weighted by Crippen LogP contribution is -2.41. The minimum atomic E-state index is -0.315. The summed E-state index contributed by atoms with van der Waals surface area (Å²) >= 11 is 1.39. The highest BCUT2D eigenvalue weighted by molar-refractivity contribution is 7.13. The quantitative estimate of drug-likeness (QED) is 0.620. The van der Waals surface area contributed by atoms with Gasteiger partial charge in [-0.25, -0.2) is 9.37 Å². The molecule has 1 fully saturated rings. The highest BCUT2D eigenvalue weighted by Gasteiger charge is 2.28. The van der Waals surface area contributed by atoms with Gasteiger partial charge in [0.25, 0.3) is 0 Å². The molecule has 0 atom stereocenters. The first-order valence-corrected chi connectivity index (χ1v) is 10.7. The Morgan fingerprint density at radius 3 is 2.57 bits per heavy atom. The van der Waals surface area contributed by atoms with Crippen LogP contribution in [0.2, 0.25) is 0 Å². The van der Waals surface area contributed by atoms with E-state index in [9.17, 15) is 19.1 Å². The Morgan fingerprint density at radius 2 is 1.87 bits per heavy atom. The molecule has 2 heterocycles. The van der Waals surface area contributed by atoms with Crippen molar-refractivity contribution in [2.75, 3.05) is 13.1 Å². The smallest absolute Gasteiger partial charge is 0.228 e. The van der Waals surface area contributed by atoms with Gasteiger partial charge in [0, 0.05) is 35.5 Å². The number of rotatable bonds is 5. The monoisotopic (exact) mass is 424 g/mol. The molecule has 1 aromatic heterocycles. The molecule has 3 aromatic rings. The van der Waals surface area contributed by atoms with Crippen molar-refractivity contribution in [2.24, 2.45) is 5.92 Å². The lowest BCUT2D eigenvalue weighted by molar-refractivity contribution is -0.131. The molecule has 1 aliphatic heterocycles. The zero-order valence-electron chi connectivity index (χ0n) is 16.3. The third kappa shape index (κ3) is 4.57. The topological polar surface area (TPSA) is 70.5 Å². The average Bonchev–Trinajstić information content (AvgIpc) is 3.22. The SMILES string of the molecule is O=C(c1ccc(O)cc1)C1CCN(C(=O)Cc2csc(-c3cccc(F)c3)n2)CC1. The first-order valence-electron chi connectivity index (χ1n) is 9.81. The molecule has 0 aliphatic carbocycles. The highest BCUT2D eigenvalue weighted by Crippen LogP contribution is 2.26. The van der Waals surface area contributed by atoms with Gasteiger partial charge in [-0.3, -0.25) is 9.59 Å². The molecule has 1 aliphatic rings. The number of amides is 1. The molecule has 1 N–H and O–H groups in total. The number of hydrogen-bond acceptors (Lipinski definition) is 5. The Kier molecular flexibility index (Phi) is 5.90. The minimum absolute atomic E-state index is 0.0124. The number of carbonyl (C=O) groups is 2. The highest BCUT2D eigenvalue weighted by atomic mass is 32.1. The third-order valence-corrected chi connectivity index (χ3v) is 6.27. The summed E-state index contributed by atoms with van der Waals surface area (Å²) in [5, 5.41) is 11.9. The van der Waals surface area contributed by atoms with Crippen LogP contribution in [0.4, 0.5) is 4.39 Å². The van der Waals surface area contributed by atoms with Crippen LogP contribution in [-0.4, -0.2) is 39.8 Å². The molecule has 0 spiro atoms. The lowest BCUT2D eigenvalue weighted by Gasteiger charge is -2.31. The van der Waals surface area contributed by atoms with Gasteiger partial charge in [-0.05, 0) is 49.2 Å². The first-order chi connectivity index (χ1) is 14.5. The molecule has 0 radical (unpaired) electrons. The first kappa shape index (κ1) is 20.2. The van der Waals surface area contributed by atoms with Crippen molar-refractivity contribution < 1.29 is 19.1 Å². The van der Waals surface area contributed by atoms with Gasteiger partial charge in [0.05, 0.1) is 12.1 Å². The molecule has 30 heavy (non-hydrogen) atoms. The number of piperidine rings is 1. The zero-order chi connectivity index (χ0) is 21.1. The molecule has 2 aromatic carbocycles. The van der Waals surface area contributed by atoms with Gasteiger partial charge in [-0.1, -0.05) is 12.1 Å². The molecule has 0 bridgehead atoms. The van der Waals surface area contributed by atoms with Crippen LogP contribution < -0.4 is 0 Å². The van der Waals surface area contributed by atoms with Gasteiger partial charge in [-0.15, -0.1) is 11.3 Å². The molecule has 1 amide bonds. The second-order valence-electron chi connectivity index (χ2n) is 7.40. The van der Waals surface area contributed by atoms with Crippen molar-refractivity contribution in [2.45, 2.75) is 19.3 Å². The number of ketones is 1. The number of aromatic nitrogens is 1. The Balaban J connectivity index is 1.32. The van der Waals surface area contributed by atoms with Crippen LogP contribution in [0.5, 0.6) is 5.75 Å². The summed E-state index contributed by atoms with van der Waals surface area (Å²) < 4.78 is 13.4. The van der Waals surface area contributed by atoms with E-state index < -0.39 is 0 Å². The number of nitrogens with zero attached hydrogens (tertiary/aromatic N) is 2. The van der Waals surface area contributed by atoms with E-state index in [2.05, 4.69) is 4.98 Å². The number of carbonyl (C=O) groups excluding carboxylic acids is 2. The van der Waals surface area contributed by atoms with Crippen molar-refractivity contribution in [3.63, 3.8) is 0 Å². The third-order valence-electron chi connectivity index (χ3n) is 5.33. The fraction of sp³-hybridized carbons (Fsp3) is 0.261. The van der Waals surface area contributed by atoms with Gasteiger partial charge in [0.1, 0.15) is 16.6 Å². The summed E-state index contributed by atoms with van der Waals surface area (Å²) in [4.78, 5) is 31.5. The number of thiazole rings is 1. The lowest BCUT2D eigenvalue weighted by atomic mass is 9.88. The Bertz CT molecular complexity index is 1060. The van der Waals surface area contributed by atoms with Crippen LogP contribution in [0.25, 0.3) is 10.6 Å². The van der Waals surface area contributed by atoms with Crippen molar-refractivity contribution in [1.29, 1.82) is 0 Å². The number of Topliss-reactive ketones (excluding diaryl/α,β-unsaturated/α-hetero) is 1. The van der Waals surface area contributed by atoms with E-state index in [0.29, 0.717) is 47.8 Å². The predicted molar refractivity (Wildman–Crippen MR) is 113 cm³/mol. The molecule has 1 saturated heterocycles. The van der Waals surface area contributed by atoms with E-state index in [-0.39, 0.29) is 35.6 Å². The number of halogens is 1. The van der Waals surface area contributed by atoms with Gasteiger partial charge in [0.15, 0.2) is 5.78 Å². The van der Waals surface area contributed by atoms with Gasteiger partial charge in [-0.2, -0.15) is 0 Å². The van der Waals surface area contributed by atoms with E-state index in [4.69, 9.17) is 0 Å². The van der Waals surface area contributed by atoms with Crippen molar-refractivity contribution in [3.05, 3.63) is 71.0 Å². The standard InChI is InChI=1S/C23H21FN2O3S/c24-18-3-1-2-17(12-18)23-25-19(14-30-23)13-21(28)26-10-8-16(9-11-26)22(29)15-4-6-20(27)7-5-15/h1-7,12,14,16,27H,8-11,13H2. The maximum absolute atomic E-state index is 13.4. The molecular weight excluding hydrogens is 403 g/mol. The number of likely N-dealkylation sites (tertiary alicyclic amines) is 1. The fourth-order valence-corrected chi connectivity index (χ4v) is 4.48. The maximum Gasteiger partial charge on any atom is 0.228 e. The van der Waals surface area contributed by atoms with Crippen molar-refractivity contribution in [3.8, 4) is 16.3 Å². The van der Waals surface area contributed by atoms with E-state index in [1.807, 2.05) is 5.38 Å². The maximum atomic E-state index is 13.4. The minimum Gasteiger partial charge on any atom is -0.508 e. The summed E-state index contributed by atoms with van der Waals surface area (Å²) in [6.45, 7) is 1.07. The summed E-state index contributed by atoms with van der Waals surface area (Å²) in [5.41, 5.74) is 1.96. The Morgan fingerprint density at radius 1 is 1.13 bits per heavy atom. The van der Waals surface area contributed by atoms with E-state index in [1.165, 1.54) is 35.6 Å². The summed E-state index contributed by atoms with van der Waals surface area (Å²) in [5.74, 6) is -0.250. The van der Waals surface area contributed by atoms with Gasteiger partial charge in [0.2, 0.25) is 5.91 Å². The number of aromatic hydroxyl groups is 1. The van der Waals surface area contributed by atoms with Crippen LogP contribution in [-0.2, 0) is 11.2 Å². The van der Waals surface area contributed by atoms with Crippen LogP contribution in [0.1, 0.15) is 28.9 Å². The molecule has 4 rings (SSSR count). The van der Waals surface area contributed by atoms with Crippen LogP contribution in [0, 0.1) is 11.7 Å². The van der Waals surface area contributed by atoms with E-state index in [0.717, 1.165) is 0 Å². The largest absolute Gasteiger partial charge is 0.508 e. The van der Waals surface area contributed by atoms with E-state index in [1.54, 1.807) is 29.2 Å². The molecule has 7 heteroatoms. The molecule has 5 nitrogen and oxygen atoms in total. The number of phenols is 1. The number of phenolic OH excluding ortho intramolecular Hbond substituents is 1. The Labute approximate surface area is 177 Å². The number of hydrogen-bond donors (Lipinski definition) is 1. The van der Waals surface area contributed by atoms with Crippen molar-refractivity contribution >= 4 is 23.0 Å². The summed E-state index contributed by atoms with van der Waals surface area (Å²) in [6.07, 6.45) is 1.44. The van der Waals surface area contributed by atoms with Crippen LogP contribution >= 0.6 is 11.3 Å². The molecule has 0 saturated carbocycles. The van der Waals surface area contributed by atoms with Crippen LogP contribution in [0.15, 0.2) is 53.9 Å². The van der Waals surface area contributed by atoms with Crippen LogP contribution in [0.3, 0.4) is 0 Å². The molecular formula is C23H21FN2O3S. The van der Waals surface area contributed by atoms with E-state index >= 15 is 0 Å².